The molecule has 5 rings (SSSR count). The van der Waals surface area contributed by atoms with Crippen molar-refractivity contribution in [2.45, 2.75) is 31.7 Å². The molecule has 0 spiro atoms. The molecule has 2 aliphatic rings. The van der Waals surface area contributed by atoms with Crippen LogP contribution in [-0.4, -0.2) is 55.9 Å². The maximum absolute atomic E-state index is 14.3. The number of benzene rings is 3. The molecule has 39 heavy (non-hydrogen) atoms. The van der Waals surface area contributed by atoms with Gasteiger partial charge in [-0.25, -0.2) is 4.39 Å². The summed E-state index contributed by atoms with van der Waals surface area (Å²) in [5, 5.41) is 9.15. The molecular formula is C30H28FN3O5. The summed E-state index contributed by atoms with van der Waals surface area (Å²) in [6.45, 7) is 1.51. The molecule has 2 amide bonds. The summed E-state index contributed by atoms with van der Waals surface area (Å²) in [4.78, 5) is 28.9. The maximum atomic E-state index is 14.3. The summed E-state index contributed by atoms with van der Waals surface area (Å²) in [5.41, 5.74) is 3.06. The lowest BCUT2D eigenvalue weighted by atomic mass is 10.1. The fraction of sp³-hybridized carbons (Fsp3) is 0.300. The molecule has 2 aliphatic heterocycles. The number of anilines is 1. The van der Waals surface area contributed by atoms with Crippen LogP contribution in [-0.2, 0) is 16.0 Å². The van der Waals surface area contributed by atoms with Crippen molar-refractivity contribution in [3.05, 3.63) is 94.8 Å². The van der Waals surface area contributed by atoms with Crippen molar-refractivity contribution in [2.24, 2.45) is 0 Å². The van der Waals surface area contributed by atoms with Gasteiger partial charge in [-0.2, -0.15) is 5.26 Å². The first-order valence-corrected chi connectivity index (χ1v) is 12.8. The number of fused-ring (bicyclic) bond motifs is 1. The Morgan fingerprint density at radius 3 is 2.28 bits per heavy atom. The van der Waals surface area contributed by atoms with Gasteiger partial charge in [-0.1, -0.05) is 18.2 Å². The van der Waals surface area contributed by atoms with Crippen molar-refractivity contribution in [2.75, 3.05) is 31.8 Å². The molecule has 0 radical (unpaired) electrons. The van der Waals surface area contributed by atoms with Gasteiger partial charge in [0.25, 0.3) is 11.8 Å². The standard InChI is InChI=1S/C30H28FN3O5/c1-37-27-13-10-21(15-26(27)31)17-33(22-11-8-20(16-32)9-12-22)14-4-7-28-38-18-23(19-39-28)34-29(35)24-5-2-3-6-25(24)30(34)36/h2-3,5-6,8-13,15,23,28H,4,7,14,17-19H2,1H3. The van der Waals surface area contributed by atoms with Crippen molar-refractivity contribution in [3.8, 4) is 11.8 Å². The monoisotopic (exact) mass is 529 g/mol. The van der Waals surface area contributed by atoms with E-state index in [2.05, 4.69) is 11.0 Å². The quantitative estimate of drug-likeness (QED) is 0.376. The van der Waals surface area contributed by atoms with E-state index >= 15 is 0 Å². The van der Waals surface area contributed by atoms with Crippen LogP contribution in [0.5, 0.6) is 5.75 Å². The van der Waals surface area contributed by atoms with Gasteiger partial charge in [-0.15, -0.1) is 0 Å². The van der Waals surface area contributed by atoms with Crippen LogP contribution in [0, 0.1) is 17.1 Å². The van der Waals surface area contributed by atoms with Gasteiger partial charge >= 0.3 is 0 Å². The second-order valence-corrected chi connectivity index (χ2v) is 9.47. The van der Waals surface area contributed by atoms with E-state index in [9.17, 15) is 14.0 Å². The predicted molar refractivity (Wildman–Crippen MR) is 141 cm³/mol. The first kappa shape index (κ1) is 26.4. The minimum Gasteiger partial charge on any atom is -0.494 e. The normalized spacial score (nSPS) is 18.5. The summed E-state index contributed by atoms with van der Waals surface area (Å²) >= 11 is 0. The third-order valence-electron chi connectivity index (χ3n) is 6.96. The number of rotatable bonds is 9. The molecule has 0 aliphatic carbocycles. The molecule has 0 unspecified atom stereocenters. The number of methoxy groups -OCH3 is 1. The average molecular weight is 530 g/mol. The number of halogens is 1. The van der Waals surface area contributed by atoms with Gasteiger partial charge in [-0.3, -0.25) is 14.5 Å². The number of nitrogens with zero attached hydrogens (tertiary/aromatic N) is 3. The van der Waals surface area contributed by atoms with Crippen LogP contribution in [0.1, 0.15) is 44.7 Å². The highest BCUT2D eigenvalue weighted by Crippen LogP contribution is 2.27. The van der Waals surface area contributed by atoms with Crippen molar-refractivity contribution in [3.63, 3.8) is 0 Å². The first-order chi connectivity index (χ1) is 19.0. The Balaban J connectivity index is 1.18. The van der Waals surface area contributed by atoms with Gasteiger partial charge in [0.1, 0.15) is 0 Å². The molecule has 3 aromatic rings. The third kappa shape index (κ3) is 5.62. The minimum absolute atomic E-state index is 0.190. The molecule has 1 saturated heterocycles. The van der Waals surface area contributed by atoms with E-state index in [-0.39, 0.29) is 30.8 Å². The van der Waals surface area contributed by atoms with Gasteiger partial charge in [0.2, 0.25) is 0 Å². The Hall–Kier alpha value is -4.26. The molecule has 0 saturated carbocycles. The Labute approximate surface area is 226 Å². The maximum Gasteiger partial charge on any atom is 0.261 e. The molecule has 2 heterocycles. The van der Waals surface area contributed by atoms with Crippen LogP contribution in [0.2, 0.25) is 0 Å². The van der Waals surface area contributed by atoms with Crippen molar-refractivity contribution < 1.29 is 28.2 Å². The number of hydrogen-bond acceptors (Lipinski definition) is 7. The van der Waals surface area contributed by atoms with Crippen LogP contribution >= 0.6 is 0 Å². The molecule has 0 atom stereocenters. The van der Waals surface area contributed by atoms with E-state index in [1.54, 1.807) is 42.5 Å². The number of amides is 2. The Kier molecular flexibility index (Phi) is 7.87. The summed E-state index contributed by atoms with van der Waals surface area (Å²) in [5.74, 6) is -0.875. The number of ether oxygens (including phenoxy) is 3. The molecular weight excluding hydrogens is 501 g/mol. The van der Waals surface area contributed by atoms with Gasteiger partial charge in [0.05, 0.1) is 49.1 Å². The van der Waals surface area contributed by atoms with E-state index in [4.69, 9.17) is 19.5 Å². The van der Waals surface area contributed by atoms with Crippen LogP contribution < -0.4 is 9.64 Å². The topological polar surface area (TPSA) is 92.1 Å². The van der Waals surface area contributed by atoms with Crippen LogP contribution in [0.3, 0.4) is 0 Å². The van der Waals surface area contributed by atoms with Crippen LogP contribution in [0.4, 0.5) is 10.1 Å². The van der Waals surface area contributed by atoms with Gasteiger partial charge in [-0.05, 0) is 60.5 Å². The highest BCUT2D eigenvalue weighted by Gasteiger charge is 2.41. The number of nitriles is 1. The molecule has 8 nitrogen and oxygen atoms in total. The molecule has 0 aromatic heterocycles. The number of carbonyl (C=O) groups excluding carboxylic acids is 2. The fourth-order valence-corrected chi connectivity index (χ4v) is 4.91. The summed E-state index contributed by atoms with van der Waals surface area (Å²) in [6.07, 6.45) is 0.845. The zero-order valence-electron chi connectivity index (χ0n) is 21.5. The van der Waals surface area contributed by atoms with Crippen LogP contribution in [0.15, 0.2) is 66.7 Å². The van der Waals surface area contributed by atoms with Crippen LogP contribution in [0.25, 0.3) is 0 Å². The van der Waals surface area contributed by atoms with Gasteiger partial charge in [0, 0.05) is 25.2 Å². The molecule has 9 heteroatoms. The Morgan fingerprint density at radius 2 is 1.69 bits per heavy atom. The largest absolute Gasteiger partial charge is 0.494 e. The van der Waals surface area contributed by atoms with E-state index < -0.39 is 18.1 Å². The number of carbonyl (C=O) groups is 2. The van der Waals surface area contributed by atoms with E-state index in [0.717, 1.165) is 11.3 Å². The van der Waals surface area contributed by atoms with Crippen molar-refractivity contribution in [1.82, 2.24) is 4.90 Å². The number of hydrogen-bond donors (Lipinski definition) is 0. The van der Waals surface area contributed by atoms with Crippen molar-refractivity contribution >= 4 is 17.5 Å². The Morgan fingerprint density at radius 1 is 1.03 bits per heavy atom. The van der Waals surface area contributed by atoms with Gasteiger partial charge < -0.3 is 19.1 Å². The lowest BCUT2D eigenvalue weighted by molar-refractivity contribution is -0.199. The Bertz CT molecular complexity index is 1360. The smallest absolute Gasteiger partial charge is 0.261 e. The second kappa shape index (κ2) is 11.6. The lowest BCUT2D eigenvalue weighted by Gasteiger charge is -2.34. The zero-order valence-corrected chi connectivity index (χ0v) is 21.5. The lowest BCUT2D eigenvalue weighted by Crippen LogP contribution is -2.49. The van der Waals surface area contributed by atoms with E-state index in [1.807, 2.05) is 18.2 Å². The molecule has 0 bridgehead atoms. The second-order valence-electron chi connectivity index (χ2n) is 9.47. The van der Waals surface area contributed by atoms with E-state index in [0.29, 0.717) is 42.6 Å². The predicted octanol–water partition coefficient (Wildman–Crippen LogP) is 4.53. The highest BCUT2D eigenvalue weighted by molar-refractivity contribution is 6.21. The average Bonchev–Trinajstić information content (AvgIpc) is 3.22. The van der Waals surface area contributed by atoms with E-state index in [1.165, 1.54) is 18.1 Å². The molecule has 1 fully saturated rings. The summed E-state index contributed by atoms with van der Waals surface area (Å²) < 4.78 is 31.1. The summed E-state index contributed by atoms with van der Waals surface area (Å²) in [6, 6.07) is 20.6. The van der Waals surface area contributed by atoms with Gasteiger partial charge in [0.15, 0.2) is 17.9 Å². The first-order valence-electron chi connectivity index (χ1n) is 12.8. The van der Waals surface area contributed by atoms with Crippen molar-refractivity contribution in [1.29, 1.82) is 5.26 Å². The summed E-state index contributed by atoms with van der Waals surface area (Å²) in [7, 11) is 1.43. The molecule has 3 aromatic carbocycles. The SMILES string of the molecule is COc1ccc(CN(CCCC2OCC(N3C(=O)c4ccccc4C3=O)CO2)c2ccc(C#N)cc2)cc1F. The highest BCUT2D eigenvalue weighted by atomic mass is 19.1. The number of imide groups is 1. The third-order valence-corrected chi connectivity index (χ3v) is 6.96. The molecule has 200 valence electrons. The fourth-order valence-electron chi connectivity index (χ4n) is 4.91. The zero-order chi connectivity index (χ0) is 27.4. The molecule has 0 N–H and O–H groups in total. The minimum atomic E-state index is -0.478.